The Balaban J connectivity index is 2.05. The van der Waals surface area contributed by atoms with Crippen LogP contribution in [0.4, 0.5) is 5.69 Å². The lowest BCUT2D eigenvalue weighted by Crippen LogP contribution is -2.24. The lowest BCUT2D eigenvalue weighted by molar-refractivity contribution is 0.0693. The van der Waals surface area contributed by atoms with Gasteiger partial charge in [-0.25, -0.2) is 8.42 Å². The predicted molar refractivity (Wildman–Crippen MR) is 89.6 cm³/mol. The van der Waals surface area contributed by atoms with Gasteiger partial charge in [0.2, 0.25) is 0 Å². The second kappa shape index (κ2) is 5.45. The van der Waals surface area contributed by atoms with Crippen LogP contribution in [0, 0.1) is 13.8 Å². The number of aryl methyl sites for hydroxylation is 2. The van der Waals surface area contributed by atoms with Gasteiger partial charge in [-0.1, -0.05) is 12.1 Å². The molecule has 0 aliphatic carbocycles. The van der Waals surface area contributed by atoms with Gasteiger partial charge in [0.25, 0.3) is 21.8 Å². The van der Waals surface area contributed by atoms with Gasteiger partial charge in [0.1, 0.15) is 0 Å². The standard InChI is InChI=1S/C17H16N2O4S/c1-10-7-8-12(9-11(10)2)24(22,23)18-14-6-4-5-13-15(14)17(21)19(3)16(13)20/h4-9,18H,1-3H3. The number of carbonyl (C=O) groups excluding carboxylic acids is 2. The Labute approximate surface area is 140 Å². The molecule has 2 aromatic rings. The van der Waals surface area contributed by atoms with E-state index in [0.29, 0.717) is 0 Å². The molecule has 0 atom stereocenters. The number of rotatable bonds is 3. The summed E-state index contributed by atoms with van der Waals surface area (Å²) >= 11 is 0. The molecule has 0 bridgehead atoms. The topological polar surface area (TPSA) is 83.6 Å². The van der Waals surface area contributed by atoms with Gasteiger partial charge in [0.05, 0.1) is 21.7 Å². The molecule has 1 aliphatic heterocycles. The fourth-order valence-electron chi connectivity index (χ4n) is 2.57. The third-order valence-corrected chi connectivity index (χ3v) is 5.51. The molecule has 0 saturated carbocycles. The molecule has 6 nitrogen and oxygen atoms in total. The van der Waals surface area contributed by atoms with Gasteiger partial charge in [-0.3, -0.25) is 19.2 Å². The molecule has 2 aromatic carbocycles. The lowest BCUT2D eigenvalue weighted by atomic mass is 10.1. The summed E-state index contributed by atoms with van der Waals surface area (Å²) in [5, 5.41) is 0. The first-order valence-corrected chi connectivity index (χ1v) is 8.76. The van der Waals surface area contributed by atoms with Gasteiger partial charge in [-0.05, 0) is 49.2 Å². The van der Waals surface area contributed by atoms with Crippen LogP contribution in [0.5, 0.6) is 0 Å². The molecule has 3 rings (SSSR count). The largest absolute Gasteiger partial charge is 0.279 e. The molecule has 0 radical (unpaired) electrons. The maximum absolute atomic E-state index is 12.6. The highest BCUT2D eigenvalue weighted by atomic mass is 32.2. The Morgan fingerprint density at radius 1 is 0.958 bits per heavy atom. The molecule has 124 valence electrons. The van der Waals surface area contributed by atoms with Crippen LogP contribution in [0.25, 0.3) is 0 Å². The molecule has 2 amide bonds. The first-order valence-electron chi connectivity index (χ1n) is 7.28. The van der Waals surface area contributed by atoms with E-state index in [2.05, 4.69) is 4.72 Å². The number of nitrogens with zero attached hydrogens (tertiary/aromatic N) is 1. The number of nitrogens with one attached hydrogen (secondary N) is 1. The van der Waals surface area contributed by atoms with E-state index in [0.717, 1.165) is 16.0 Å². The summed E-state index contributed by atoms with van der Waals surface area (Å²) in [5.74, 6) is -0.962. The summed E-state index contributed by atoms with van der Waals surface area (Å²) in [7, 11) is -2.50. The van der Waals surface area contributed by atoms with Crippen LogP contribution >= 0.6 is 0 Å². The fourth-order valence-corrected chi connectivity index (χ4v) is 3.73. The number of benzene rings is 2. The average molecular weight is 344 g/mol. The molecule has 0 fully saturated rings. The zero-order valence-corrected chi connectivity index (χ0v) is 14.3. The molecule has 0 aromatic heterocycles. The number of hydrogen-bond acceptors (Lipinski definition) is 4. The second-order valence-corrected chi connectivity index (χ2v) is 7.43. The minimum Gasteiger partial charge on any atom is -0.279 e. The highest BCUT2D eigenvalue weighted by Crippen LogP contribution is 2.30. The molecule has 1 aliphatic rings. The van der Waals surface area contributed by atoms with E-state index < -0.39 is 21.8 Å². The van der Waals surface area contributed by atoms with E-state index in [1.807, 2.05) is 13.8 Å². The molecular formula is C17H16N2O4S. The van der Waals surface area contributed by atoms with Crippen molar-refractivity contribution in [2.24, 2.45) is 0 Å². The minimum absolute atomic E-state index is 0.0809. The van der Waals surface area contributed by atoms with Crippen molar-refractivity contribution in [2.75, 3.05) is 11.8 Å². The number of fused-ring (bicyclic) bond motifs is 1. The molecule has 0 unspecified atom stereocenters. The summed E-state index contributed by atoms with van der Waals surface area (Å²) in [5.41, 5.74) is 2.22. The maximum Gasteiger partial charge on any atom is 0.263 e. The first-order chi connectivity index (χ1) is 11.2. The third-order valence-electron chi connectivity index (χ3n) is 4.15. The first kappa shape index (κ1) is 16.2. The van der Waals surface area contributed by atoms with Crippen LogP contribution in [0.2, 0.25) is 0 Å². The van der Waals surface area contributed by atoms with Crippen LogP contribution < -0.4 is 4.72 Å². The van der Waals surface area contributed by atoms with Crippen molar-refractivity contribution in [1.29, 1.82) is 0 Å². The zero-order chi connectivity index (χ0) is 17.6. The Bertz CT molecular complexity index is 980. The number of sulfonamides is 1. The van der Waals surface area contributed by atoms with Gasteiger partial charge < -0.3 is 0 Å². The van der Waals surface area contributed by atoms with E-state index >= 15 is 0 Å². The minimum atomic E-state index is -3.86. The van der Waals surface area contributed by atoms with Crippen LogP contribution in [0.15, 0.2) is 41.3 Å². The van der Waals surface area contributed by atoms with Crippen LogP contribution in [0.3, 0.4) is 0 Å². The Hall–Kier alpha value is -2.67. The van der Waals surface area contributed by atoms with Crippen molar-refractivity contribution in [3.8, 4) is 0 Å². The van der Waals surface area contributed by atoms with Gasteiger partial charge >= 0.3 is 0 Å². The number of imide groups is 1. The van der Waals surface area contributed by atoms with E-state index in [-0.39, 0.29) is 21.7 Å². The number of anilines is 1. The zero-order valence-electron chi connectivity index (χ0n) is 13.5. The quantitative estimate of drug-likeness (QED) is 0.866. The Kier molecular flexibility index (Phi) is 3.68. The average Bonchev–Trinajstić information content (AvgIpc) is 2.75. The van der Waals surface area contributed by atoms with Crippen LogP contribution in [-0.4, -0.2) is 32.2 Å². The molecule has 7 heteroatoms. The molecule has 1 heterocycles. The fraction of sp³-hybridized carbons (Fsp3) is 0.176. The molecule has 0 saturated heterocycles. The van der Waals surface area contributed by atoms with Crippen molar-refractivity contribution in [3.05, 3.63) is 58.7 Å². The normalized spacial score (nSPS) is 14.0. The second-order valence-electron chi connectivity index (χ2n) is 5.75. The summed E-state index contributed by atoms with van der Waals surface area (Å²) in [6.07, 6.45) is 0. The molecule has 0 spiro atoms. The van der Waals surface area contributed by atoms with Crippen LogP contribution in [0.1, 0.15) is 31.8 Å². The lowest BCUT2D eigenvalue weighted by Gasteiger charge is -2.12. The summed E-state index contributed by atoms with van der Waals surface area (Å²) < 4.78 is 27.7. The summed E-state index contributed by atoms with van der Waals surface area (Å²) in [6, 6.07) is 9.32. The van der Waals surface area contributed by atoms with Gasteiger partial charge in [0.15, 0.2) is 0 Å². The Morgan fingerprint density at radius 3 is 2.33 bits per heavy atom. The van der Waals surface area contributed by atoms with Gasteiger partial charge in [-0.15, -0.1) is 0 Å². The van der Waals surface area contributed by atoms with E-state index in [9.17, 15) is 18.0 Å². The maximum atomic E-state index is 12.6. The Morgan fingerprint density at radius 2 is 1.67 bits per heavy atom. The molecule has 1 N–H and O–H groups in total. The van der Waals surface area contributed by atoms with Crippen molar-refractivity contribution in [2.45, 2.75) is 18.7 Å². The number of carbonyl (C=O) groups is 2. The molecular weight excluding hydrogens is 328 g/mol. The SMILES string of the molecule is Cc1ccc(S(=O)(=O)Nc2cccc3c2C(=O)N(C)C3=O)cc1C. The van der Waals surface area contributed by atoms with E-state index in [1.165, 1.54) is 25.2 Å². The van der Waals surface area contributed by atoms with Crippen molar-refractivity contribution >= 4 is 27.5 Å². The highest BCUT2D eigenvalue weighted by molar-refractivity contribution is 7.92. The summed E-state index contributed by atoms with van der Waals surface area (Å²) in [4.78, 5) is 25.3. The summed E-state index contributed by atoms with van der Waals surface area (Å²) in [6.45, 7) is 3.72. The number of amides is 2. The van der Waals surface area contributed by atoms with Crippen molar-refractivity contribution < 1.29 is 18.0 Å². The van der Waals surface area contributed by atoms with E-state index in [1.54, 1.807) is 18.2 Å². The van der Waals surface area contributed by atoms with Gasteiger partial charge in [0, 0.05) is 7.05 Å². The monoisotopic (exact) mass is 344 g/mol. The number of hydrogen-bond donors (Lipinski definition) is 1. The van der Waals surface area contributed by atoms with Crippen molar-refractivity contribution in [3.63, 3.8) is 0 Å². The third kappa shape index (κ3) is 2.46. The highest BCUT2D eigenvalue weighted by Gasteiger charge is 2.35. The van der Waals surface area contributed by atoms with Crippen LogP contribution in [-0.2, 0) is 10.0 Å². The molecule has 24 heavy (non-hydrogen) atoms. The predicted octanol–water partition coefficient (Wildman–Crippen LogP) is 2.33. The van der Waals surface area contributed by atoms with E-state index in [4.69, 9.17) is 0 Å². The van der Waals surface area contributed by atoms with Crippen molar-refractivity contribution in [1.82, 2.24) is 4.90 Å². The van der Waals surface area contributed by atoms with Gasteiger partial charge in [-0.2, -0.15) is 0 Å². The smallest absolute Gasteiger partial charge is 0.263 e.